The van der Waals surface area contributed by atoms with Crippen molar-refractivity contribution in [2.45, 2.75) is 32.7 Å². The Hall–Kier alpha value is -0.263. The molecule has 0 unspecified atom stereocenters. The Morgan fingerprint density at radius 3 is 2.45 bits per heavy atom. The summed E-state index contributed by atoms with van der Waals surface area (Å²) >= 11 is 0. The normalized spacial score (nSPS) is 11.6. The second-order valence-corrected chi connectivity index (χ2v) is 5.25. The van der Waals surface area contributed by atoms with Crippen molar-refractivity contribution in [3.8, 4) is 12.3 Å². The molecule has 2 radical (unpaired) electrons. The van der Waals surface area contributed by atoms with Gasteiger partial charge >= 0.3 is 0 Å². The zero-order valence-corrected chi connectivity index (χ0v) is 8.77. The van der Waals surface area contributed by atoms with Crippen LogP contribution in [0.15, 0.2) is 0 Å². The predicted molar refractivity (Wildman–Crippen MR) is 49.4 cm³/mol. The molecule has 0 aliphatic carbocycles. The predicted octanol–water partition coefficient (Wildman–Crippen LogP) is 2.11. The maximum Gasteiger partial charge on any atom is 0.237 e. The fourth-order valence-electron chi connectivity index (χ4n) is 0.382. The van der Waals surface area contributed by atoms with Crippen molar-refractivity contribution >= 4 is 9.76 Å². The Kier molecular flexibility index (Phi) is 4.47. The Labute approximate surface area is 72.5 Å². The summed E-state index contributed by atoms with van der Waals surface area (Å²) in [5.41, 5.74) is 0. The molecule has 0 aromatic heterocycles. The summed E-state index contributed by atoms with van der Waals surface area (Å²) in [4.78, 5) is 0. The van der Waals surface area contributed by atoms with Gasteiger partial charge in [-0.05, 0) is 11.0 Å². The van der Waals surface area contributed by atoms with Crippen LogP contribution in [0.3, 0.4) is 0 Å². The van der Waals surface area contributed by atoms with Crippen LogP contribution in [0.2, 0.25) is 5.04 Å². The molecule has 0 aliphatic rings. The van der Waals surface area contributed by atoms with E-state index < -0.39 is 0 Å². The van der Waals surface area contributed by atoms with Crippen LogP contribution in [-0.4, -0.2) is 16.4 Å². The summed E-state index contributed by atoms with van der Waals surface area (Å²) in [5, 5.41) is 0.261. The fraction of sp³-hybridized carbons (Fsp3) is 0.778. The van der Waals surface area contributed by atoms with Crippen molar-refractivity contribution in [3.05, 3.63) is 0 Å². The van der Waals surface area contributed by atoms with Crippen LogP contribution in [0.1, 0.15) is 27.7 Å². The SMILES string of the molecule is C#CCO[Si]C(C)(C)C(C)C. The molecular weight excluding hydrogens is 152 g/mol. The molecule has 0 saturated heterocycles. The standard InChI is InChI=1S/C9H16OSi/c1-6-7-10-11-9(4,5)8(2)3/h1,8H,7H2,2-5H3. The summed E-state index contributed by atoms with van der Waals surface area (Å²) < 4.78 is 5.30. The average Bonchev–Trinajstić information content (AvgIpc) is 1.88. The van der Waals surface area contributed by atoms with Crippen LogP contribution < -0.4 is 0 Å². The molecule has 0 amide bonds. The largest absolute Gasteiger partial charge is 0.406 e. The lowest BCUT2D eigenvalue weighted by molar-refractivity contribution is 0.341. The van der Waals surface area contributed by atoms with Crippen molar-refractivity contribution in [3.63, 3.8) is 0 Å². The van der Waals surface area contributed by atoms with E-state index >= 15 is 0 Å². The van der Waals surface area contributed by atoms with E-state index in [0.717, 1.165) is 0 Å². The first-order valence-electron chi connectivity index (χ1n) is 3.83. The molecule has 11 heavy (non-hydrogen) atoms. The van der Waals surface area contributed by atoms with E-state index in [0.29, 0.717) is 22.3 Å². The maximum atomic E-state index is 5.30. The molecule has 0 N–H and O–H groups in total. The molecule has 0 saturated carbocycles. The van der Waals surface area contributed by atoms with Crippen LogP contribution in [0, 0.1) is 18.3 Å². The highest BCUT2D eigenvalue weighted by molar-refractivity contribution is 6.32. The van der Waals surface area contributed by atoms with Crippen molar-refractivity contribution in [2.75, 3.05) is 6.61 Å². The summed E-state index contributed by atoms with van der Waals surface area (Å²) in [6.07, 6.45) is 5.06. The molecule has 0 atom stereocenters. The van der Waals surface area contributed by atoms with Crippen LogP contribution in [0.5, 0.6) is 0 Å². The van der Waals surface area contributed by atoms with E-state index in [-0.39, 0.29) is 5.04 Å². The first kappa shape index (κ1) is 10.7. The molecular formula is C9H16OSi. The van der Waals surface area contributed by atoms with Gasteiger partial charge in [-0.25, -0.2) is 0 Å². The lowest BCUT2D eigenvalue weighted by Gasteiger charge is -2.26. The molecule has 0 bridgehead atoms. The first-order chi connectivity index (χ1) is 5.00. The van der Waals surface area contributed by atoms with Gasteiger partial charge in [0.05, 0.1) is 6.61 Å². The van der Waals surface area contributed by atoms with Gasteiger partial charge in [0.15, 0.2) is 0 Å². The molecule has 0 aromatic rings. The second-order valence-electron chi connectivity index (χ2n) is 3.47. The number of hydrogen-bond acceptors (Lipinski definition) is 1. The topological polar surface area (TPSA) is 9.23 Å². The molecule has 0 rings (SSSR count). The zero-order valence-electron chi connectivity index (χ0n) is 7.77. The summed E-state index contributed by atoms with van der Waals surface area (Å²) in [7, 11) is 0.504. The van der Waals surface area contributed by atoms with Gasteiger partial charge in [-0.2, -0.15) is 0 Å². The van der Waals surface area contributed by atoms with Gasteiger partial charge < -0.3 is 4.43 Å². The van der Waals surface area contributed by atoms with Gasteiger partial charge in [-0.15, -0.1) is 6.42 Å². The van der Waals surface area contributed by atoms with Crippen LogP contribution in [-0.2, 0) is 4.43 Å². The monoisotopic (exact) mass is 168 g/mol. The van der Waals surface area contributed by atoms with E-state index in [2.05, 4.69) is 33.6 Å². The average molecular weight is 168 g/mol. The highest BCUT2D eigenvalue weighted by atomic mass is 28.2. The third-order valence-electron chi connectivity index (χ3n) is 1.93. The molecule has 0 aromatic carbocycles. The van der Waals surface area contributed by atoms with E-state index in [1.807, 2.05) is 0 Å². The number of rotatable bonds is 4. The lowest BCUT2D eigenvalue weighted by Crippen LogP contribution is -2.22. The van der Waals surface area contributed by atoms with Gasteiger partial charge in [-0.1, -0.05) is 33.6 Å². The quantitative estimate of drug-likeness (QED) is 0.355. The molecule has 0 aliphatic heterocycles. The Balaban J connectivity index is 3.66. The van der Waals surface area contributed by atoms with E-state index in [1.165, 1.54) is 0 Å². The molecule has 0 heterocycles. The molecule has 1 nitrogen and oxygen atoms in total. The van der Waals surface area contributed by atoms with E-state index in [9.17, 15) is 0 Å². The smallest absolute Gasteiger partial charge is 0.237 e. The summed E-state index contributed by atoms with van der Waals surface area (Å²) in [5.74, 6) is 3.10. The van der Waals surface area contributed by atoms with Gasteiger partial charge in [0, 0.05) is 0 Å². The molecule has 0 spiro atoms. The highest BCUT2D eigenvalue weighted by Crippen LogP contribution is 2.32. The van der Waals surface area contributed by atoms with Gasteiger partial charge in [0.1, 0.15) is 0 Å². The van der Waals surface area contributed by atoms with Gasteiger partial charge in [-0.3, -0.25) is 0 Å². The van der Waals surface area contributed by atoms with Crippen LogP contribution >= 0.6 is 0 Å². The minimum Gasteiger partial charge on any atom is -0.406 e. The van der Waals surface area contributed by atoms with Crippen LogP contribution in [0.4, 0.5) is 0 Å². The molecule has 2 heteroatoms. The third-order valence-corrected chi connectivity index (χ3v) is 3.33. The number of hydrogen-bond donors (Lipinski definition) is 0. The Morgan fingerprint density at radius 2 is 2.09 bits per heavy atom. The zero-order chi connectivity index (χ0) is 8.91. The van der Waals surface area contributed by atoms with Gasteiger partial charge in [0.2, 0.25) is 9.76 Å². The van der Waals surface area contributed by atoms with Crippen molar-refractivity contribution in [2.24, 2.45) is 5.92 Å². The Morgan fingerprint density at radius 1 is 1.55 bits per heavy atom. The minimum atomic E-state index is 0.261. The van der Waals surface area contributed by atoms with Crippen molar-refractivity contribution in [1.82, 2.24) is 0 Å². The second kappa shape index (κ2) is 4.58. The Bertz CT molecular complexity index is 144. The van der Waals surface area contributed by atoms with E-state index in [1.54, 1.807) is 0 Å². The molecule has 62 valence electrons. The lowest BCUT2D eigenvalue weighted by atomic mass is 9.99. The van der Waals surface area contributed by atoms with E-state index in [4.69, 9.17) is 10.8 Å². The summed E-state index contributed by atoms with van der Waals surface area (Å²) in [6, 6.07) is 0. The third kappa shape index (κ3) is 4.23. The van der Waals surface area contributed by atoms with Gasteiger partial charge in [0.25, 0.3) is 0 Å². The van der Waals surface area contributed by atoms with Crippen molar-refractivity contribution in [1.29, 1.82) is 0 Å². The maximum absolute atomic E-state index is 5.30. The first-order valence-corrected chi connectivity index (χ1v) is 4.74. The van der Waals surface area contributed by atoms with Crippen LogP contribution in [0.25, 0.3) is 0 Å². The minimum absolute atomic E-state index is 0.261. The molecule has 0 fully saturated rings. The number of terminal acetylenes is 1. The fourth-order valence-corrected chi connectivity index (χ4v) is 1.14. The highest BCUT2D eigenvalue weighted by Gasteiger charge is 2.24. The summed E-state index contributed by atoms with van der Waals surface area (Å²) in [6.45, 7) is 9.24. The van der Waals surface area contributed by atoms with Crippen molar-refractivity contribution < 1.29 is 4.43 Å².